The smallest absolute Gasteiger partial charge is 0.246 e. The molecule has 0 aliphatic carbocycles. The van der Waals surface area contributed by atoms with E-state index in [1.807, 2.05) is 6.07 Å². The summed E-state index contributed by atoms with van der Waals surface area (Å²) < 4.78 is 2.29. The third kappa shape index (κ3) is 4.21. The lowest BCUT2D eigenvalue weighted by Crippen LogP contribution is -2.25. The van der Waals surface area contributed by atoms with Crippen LogP contribution >= 0.6 is 0 Å². The Bertz CT molecular complexity index is 1190. The van der Waals surface area contributed by atoms with Crippen molar-refractivity contribution in [3.05, 3.63) is 90.3 Å². The highest BCUT2D eigenvalue weighted by Crippen LogP contribution is 2.21. The Morgan fingerprint density at radius 2 is 1.79 bits per heavy atom. The summed E-state index contributed by atoms with van der Waals surface area (Å²) >= 11 is 0. The van der Waals surface area contributed by atoms with E-state index in [-0.39, 0.29) is 5.91 Å². The molecular weight excluding hydrogens is 358 g/mol. The standard InChI is InChI=1S/C25H25N3O/c1-18(2)25(29)26-15-7-12-24-27-22-10-5-6-11-23(22)28(24)17-19-13-14-20-8-3-4-9-21(20)16-19/h3-6,8-11,13-14,16H,1,7,12,15,17H2,2H3,(H,26,29). The Morgan fingerprint density at radius 1 is 1.03 bits per heavy atom. The van der Waals surface area contributed by atoms with Crippen LogP contribution in [0, 0.1) is 0 Å². The number of aromatic nitrogens is 2. The number of nitrogens with one attached hydrogen (secondary N) is 1. The van der Waals surface area contributed by atoms with Gasteiger partial charge in [-0.25, -0.2) is 4.98 Å². The summed E-state index contributed by atoms with van der Waals surface area (Å²) in [6, 6.07) is 23.3. The molecule has 0 unspecified atom stereocenters. The van der Waals surface area contributed by atoms with E-state index in [9.17, 15) is 4.79 Å². The Kier molecular flexibility index (Phi) is 5.43. The summed E-state index contributed by atoms with van der Waals surface area (Å²) in [7, 11) is 0. The van der Waals surface area contributed by atoms with Crippen molar-refractivity contribution in [3.63, 3.8) is 0 Å². The van der Waals surface area contributed by atoms with Gasteiger partial charge in [-0.3, -0.25) is 4.79 Å². The molecule has 4 aromatic rings. The van der Waals surface area contributed by atoms with Gasteiger partial charge in [0.2, 0.25) is 5.91 Å². The lowest BCUT2D eigenvalue weighted by Gasteiger charge is -2.11. The van der Waals surface area contributed by atoms with Gasteiger partial charge in [-0.15, -0.1) is 0 Å². The molecular formula is C25H25N3O. The molecule has 1 N–H and O–H groups in total. The van der Waals surface area contributed by atoms with E-state index in [0.717, 1.165) is 36.2 Å². The Labute approximate surface area is 170 Å². The first-order chi connectivity index (χ1) is 14.1. The topological polar surface area (TPSA) is 46.9 Å². The summed E-state index contributed by atoms with van der Waals surface area (Å²) in [4.78, 5) is 16.5. The van der Waals surface area contributed by atoms with Crippen molar-refractivity contribution in [2.75, 3.05) is 6.54 Å². The number of rotatable bonds is 7. The van der Waals surface area contributed by atoms with Crippen LogP contribution in [-0.4, -0.2) is 22.0 Å². The highest BCUT2D eigenvalue weighted by molar-refractivity contribution is 5.92. The molecule has 0 radical (unpaired) electrons. The Hall–Kier alpha value is -3.40. The van der Waals surface area contributed by atoms with Crippen LogP contribution in [0.3, 0.4) is 0 Å². The van der Waals surface area contributed by atoms with Crippen LogP contribution in [0.25, 0.3) is 21.8 Å². The molecule has 4 rings (SSSR count). The number of benzene rings is 3. The summed E-state index contributed by atoms with van der Waals surface area (Å²) in [5.41, 5.74) is 3.94. The summed E-state index contributed by atoms with van der Waals surface area (Å²) in [5, 5.41) is 5.40. The number of hydrogen-bond donors (Lipinski definition) is 1. The molecule has 0 fully saturated rings. The Morgan fingerprint density at radius 3 is 2.62 bits per heavy atom. The van der Waals surface area contributed by atoms with Crippen LogP contribution in [-0.2, 0) is 17.8 Å². The van der Waals surface area contributed by atoms with Gasteiger partial charge < -0.3 is 9.88 Å². The number of carbonyl (C=O) groups excluding carboxylic acids is 1. The normalized spacial score (nSPS) is 11.1. The molecule has 3 aromatic carbocycles. The molecule has 0 atom stereocenters. The molecule has 4 heteroatoms. The quantitative estimate of drug-likeness (QED) is 0.366. The molecule has 29 heavy (non-hydrogen) atoms. The average molecular weight is 383 g/mol. The third-order valence-corrected chi connectivity index (χ3v) is 5.14. The zero-order valence-corrected chi connectivity index (χ0v) is 16.7. The maximum Gasteiger partial charge on any atom is 0.246 e. The molecule has 1 aromatic heterocycles. The van der Waals surface area contributed by atoms with E-state index < -0.39 is 0 Å². The summed E-state index contributed by atoms with van der Waals surface area (Å²) in [5.74, 6) is 0.957. The van der Waals surface area contributed by atoms with E-state index >= 15 is 0 Å². The van der Waals surface area contributed by atoms with E-state index in [1.165, 1.54) is 16.3 Å². The van der Waals surface area contributed by atoms with Crippen molar-refractivity contribution in [2.45, 2.75) is 26.3 Å². The third-order valence-electron chi connectivity index (χ3n) is 5.14. The second-order valence-corrected chi connectivity index (χ2v) is 7.42. The molecule has 4 nitrogen and oxygen atoms in total. The van der Waals surface area contributed by atoms with Crippen molar-refractivity contribution in [3.8, 4) is 0 Å². The zero-order chi connectivity index (χ0) is 20.2. The molecule has 1 heterocycles. The van der Waals surface area contributed by atoms with Crippen molar-refractivity contribution >= 4 is 27.7 Å². The van der Waals surface area contributed by atoms with Crippen molar-refractivity contribution in [2.24, 2.45) is 0 Å². The maximum absolute atomic E-state index is 11.7. The molecule has 0 saturated carbocycles. The van der Waals surface area contributed by atoms with Crippen LogP contribution in [0.15, 0.2) is 78.9 Å². The van der Waals surface area contributed by atoms with E-state index in [0.29, 0.717) is 12.1 Å². The van der Waals surface area contributed by atoms with Crippen molar-refractivity contribution in [1.29, 1.82) is 0 Å². The predicted octanol–water partition coefficient (Wildman–Crippen LogP) is 4.86. The maximum atomic E-state index is 11.7. The molecule has 1 amide bonds. The van der Waals surface area contributed by atoms with Crippen LogP contribution in [0.4, 0.5) is 0 Å². The number of fused-ring (bicyclic) bond motifs is 2. The fourth-order valence-electron chi connectivity index (χ4n) is 3.61. The minimum absolute atomic E-state index is 0.0883. The van der Waals surface area contributed by atoms with Gasteiger partial charge >= 0.3 is 0 Å². The predicted molar refractivity (Wildman–Crippen MR) is 119 cm³/mol. The van der Waals surface area contributed by atoms with Gasteiger partial charge in [0.05, 0.1) is 11.0 Å². The first-order valence-electron chi connectivity index (χ1n) is 9.97. The van der Waals surface area contributed by atoms with Crippen molar-refractivity contribution < 1.29 is 4.79 Å². The highest BCUT2D eigenvalue weighted by Gasteiger charge is 2.11. The van der Waals surface area contributed by atoms with Crippen molar-refractivity contribution in [1.82, 2.24) is 14.9 Å². The minimum Gasteiger partial charge on any atom is -0.352 e. The molecule has 0 aliphatic rings. The number of carbonyl (C=O) groups is 1. The molecule has 0 aliphatic heterocycles. The number of amides is 1. The van der Waals surface area contributed by atoms with Gasteiger partial charge in [0.25, 0.3) is 0 Å². The van der Waals surface area contributed by atoms with Gasteiger partial charge in [0.15, 0.2) is 0 Å². The second-order valence-electron chi connectivity index (χ2n) is 7.42. The van der Waals surface area contributed by atoms with Crippen LogP contribution < -0.4 is 5.32 Å². The lowest BCUT2D eigenvalue weighted by molar-refractivity contribution is -0.117. The van der Waals surface area contributed by atoms with E-state index in [2.05, 4.69) is 77.1 Å². The molecule has 0 spiro atoms. The zero-order valence-electron chi connectivity index (χ0n) is 16.7. The SMILES string of the molecule is C=C(C)C(=O)NCCCc1nc2ccccc2n1Cc1ccc2ccccc2c1. The Balaban J connectivity index is 1.57. The molecule has 0 saturated heterocycles. The fraction of sp³-hybridized carbons (Fsp3) is 0.200. The van der Waals surface area contributed by atoms with Gasteiger partial charge in [-0.05, 0) is 47.9 Å². The van der Waals surface area contributed by atoms with Gasteiger partial charge in [0.1, 0.15) is 5.82 Å². The van der Waals surface area contributed by atoms with Crippen LogP contribution in [0.1, 0.15) is 24.7 Å². The number of hydrogen-bond acceptors (Lipinski definition) is 2. The minimum atomic E-state index is -0.0883. The number of aryl methyl sites for hydroxylation is 1. The van der Waals surface area contributed by atoms with Gasteiger partial charge in [0, 0.05) is 25.1 Å². The van der Waals surface area contributed by atoms with E-state index in [1.54, 1.807) is 6.92 Å². The van der Waals surface area contributed by atoms with E-state index in [4.69, 9.17) is 4.98 Å². The van der Waals surface area contributed by atoms with Gasteiger partial charge in [-0.1, -0.05) is 55.1 Å². The van der Waals surface area contributed by atoms with Crippen LogP contribution in [0.5, 0.6) is 0 Å². The molecule has 146 valence electrons. The number of nitrogens with zero attached hydrogens (tertiary/aromatic N) is 2. The lowest BCUT2D eigenvalue weighted by atomic mass is 10.1. The largest absolute Gasteiger partial charge is 0.352 e. The summed E-state index contributed by atoms with van der Waals surface area (Å²) in [6.07, 6.45) is 1.64. The highest BCUT2D eigenvalue weighted by atomic mass is 16.1. The summed E-state index contributed by atoms with van der Waals surface area (Å²) in [6.45, 7) is 6.79. The second kappa shape index (κ2) is 8.31. The molecule has 0 bridgehead atoms. The monoisotopic (exact) mass is 383 g/mol. The number of imidazole rings is 1. The first-order valence-corrected chi connectivity index (χ1v) is 9.97. The van der Waals surface area contributed by atoms with Crippen LogP contribution in [0.2, 0.25) is 0 Å². The van der Waals surface area contributed by atoms with Gasteiger partial charge in [-0.2, -0.15) is 0 Å². The average Bonchev–Trinajstić information content (AvgIpc) is 3.08. The first kappa shape index (κ1) is 18.9. The fourth-order valence-corrected chi connectivity index (χ4v) is 3.61. The number of para-hydroxylation sites is 2.